The summed E-state index contributed by atoms with van der Waals surface area (Å²) in [7, 11) is -0.364. The van der Waals surface area contributed by atoms with Gasteiger partial charge in [0.25, 0.3) is 0 Å². The van der Waals surface area contributed by atoms with Crippen molar-refractivity contribution in [1.82, 2.24) is 0 Å². The summed E-state index contributed by atoms with van der Waals surface area (Å²) < 4.78 is 5.91. The predicted molar refractivity (Wildman–Crippen MR) is 221 cm³/mol. The quantitative estimate of drug-likeness (QED) is 0.148. The molecule has 0 heterocycles. The summed E-state index contributed by atoms with van der Waals surface area (Å²) in [4.78, 5) is 0. The lowest BCUT2D eigenvalue weighted by Gasteiger charge is -2.61. The van der Waals surface area contributed by atoms with Crippen LogP contribution in [0.3, 0.4) is 0 Å². The van der Waals surface area contributed by atoms with E-state index in [0.717, 1.165) is 39.1 Å². The molecule has 53 heavy (non-hydrogen) atoms. The third kappa shape index (κ3) is 4.04. The van der Waals surface area contributed by atoms with Gasteiger partial charge in [0.15, 0.2) is 0 Å². The van der Waals surface area contributed by atoms with E-state index in [1.807, 2.05) is 0 Å². The zero-order valence-corrected chi connectivity index (χ0v) is 29.7. The fourth-order valence-electron chi connectivity index (χ4n) is 12.4. The topological polar surface area (TPSA) is 29.5 Å². The van der Waals surface area contributed by atoms with E-state index in [1.54, 1.807) is 11.1 Å². The van der Waals surface area contributed by atoms with Crippen LogP contribution in [0, 0.1) is 23.7 Å². The number of rotatable bonds is 4. The highest BCUT2D eigenvalue weighted by atomic mass is 16.5. The Morgan fingerprint density at radius 3 is 1.68 bits per heavy atom. The fraction of sp³-hybridized carbons (Fsp3) is 0.200. The average Bonchev–Trinajstić information content (AvgIpc) is 3.47. The minimum absolute atomic E-state index is 0.101. The molecule has 1 N–H and O–H groups in total. The van der Waals surface area contributed by atoms with Crippen molar-refractivity contribution in [1.29, 1.82) is 0 Å². The summed E-state index contributed by atoms with van der Waals surface area (Å²) in [6.45, 7) is 0. The summed E-state index contributed by atoms with van der Waals surface area (Å²) in [5, 5.41) is 19.4. The summed E-state index contributed by atoms with van der Waals surface area (Å²) in [5.74, 6) is 3.98. The van der Waals surface area contributed by atoms with Gasteiger partial charge in [0, 0.05) is 16.2 Å². The summed E-state index contributed by atoms with van der Waals surface area (Å²) >= 11 is 0. The third-order valence-corrected chi connectivity index (χ3v) is 14.1. The van der Waals surface area contributed by atoms with Gasteiger partial charge in [-0.15, -0.1) is 0 Å². The Kier molecular flexibility index (Phi) is 6.29. The van der Waals surface area contributed by atoms with Gasteiger partial charge in [0.2, 0.25) is 0 Å². The monoisotopic (exact) mass is 682 g/mol. The molecule has 2 nitrogen and oxygen atoms in total. The van der Waals surface area contributed by atoms with Crippen molar-refractivity contribution in [2.75, 3.05) is 0 Å². The van der Waals surface area contributed by atoms with E-state index in [9.17, 15) is 5.02 Å². The lowest BCUT2D eigenvalue weighted by atomic mass is 9.43. The lowest BCUT2D eigenvalue weighted by Crippen LogP contribution is -2.55. The second kappa shape index (κ2) is 11.1. The molecule has 8 aromatic rings. The zero-order valence-electron chi connectivity index (χ0n) is 29.7. The Morgan fingerprint density at radius 2 is 1.02 bits per heavy atom. The van der Waals surface area contributed by atoms with Crippen LogP contribution in [0.2, 0.25) is 0 Å². The first-order valence-electron chi connectivity index (χ1n) is 19.6. The molecule has 0 saturated heterocycles. The van der Waals surface area contributed by atoms with Crippen LogP contribution < -0.4 is 4.65 Å². The van der Waals surface area contributed by atoms with Crippen molar-refractivity contribution >= 4 is 50.8 Å². The van der Waals surface area contributed by atoms with Gasteiger partial charge in [-0.05, 0) is 151 Å². The van der Waals surface area contributed by atoms with Crippen LogP contribution in [0.5, 0.6) is 5.75 Å². The molecule has 254 valence electrons. The molecule has 0 unspecified atom stereocenters. The highest BCUT2D eigenvalue weighted by Crippen LogP contribution is 2.70. The van der Waals surface area contributed by atoms with E-state index in [2.05, 4.69) is 140 Å². The summed E-state index contributed by atoms with van der Waals surface area (Å²) in [6, 6.07) is 52.2. The molecule has 0 atom stereocenters. The zero-order chi connectivity index (χ0) is 34.8. The van der Waals surface area contributed by atoms with Crippen molar-refractivity contribution in [3.05, 3.63) is 151 Å². The maximum Gasteiger partial charge on any atom is 0.504 e. The van der Waals surface area contributed by atoms with Gasteiger partial charge in [-0.1, -0.05) is 121 Å². The van der Waals surface area contributed by atoms with Crippen molar-refractivity contribution in [2.24, 2.45) is 23.7 Å². The van der Waals surface area contributed by atoms with Gasteiger partial charge in [-0.2, -0.15) is 0 Å². The maximum atomic E-state index is 9.88. The Hall–Kier alpha value is -5.38. The van der Waals surface area contributed by atoms with E-state index in [1.165, 1.54) is 87.0 Å². The molecule has 0 radical (unpaired) electrons. The molecule has 3 heteroatoms. The highest BCUT2D eigenvalue weighted by molar-refractivity contribution is 6.24. The van der Waals surface area contributed by atoms with E-state index < -0.39 is 0 Å². The van der Waals surface area contributed by atoms with Crippen molar-refractivity contribution in [3.8, 4) is 39.1 Å². The molecular weight excluding hydrogens is 643 g/mol. The maximum absolute atomic E-state index is 9.88. The molecule has 8 aromatic carbocycles. The summed E-state index contributed by atoms with van der Waals surface area (Å²) in [6.07, 6.45) is 6.98. The van der Waals surface area contributed by atoms with Crippen molar-refractivity contribution in [2.45, 2.75) is 37.5 Å². The van der Waals surface area contributed by atoms with Crippen LogP contribution in [-0.2, 0) is 5.41 Å². The number of benzene rings is 8. The van der Waals surface area contributed by atoms with E-state index >= 15 is 0 Å². The van der Waals surface area contributed by atoms with E-state index in [4.69, 9.17) is 4.65 Å². The van der Waals surface area contributed by atoms with Crippen LogP contribution in [0.25, 0.3) is 76.5 Å². The first-order valence-corrected chi connectivity index (χ1v) is 19.6. The number of fused-ring (bicyclic) bond motifs is 7. The first kappa shape index (κ1) is 30.1. The average molecular weight is 683 g/mol. The Bertz CT molecular complexity index is 2750. The molecular formula is C50H39BO2. The van der Waals surface area contributed by atoms with Crippen LogP contribution in [0.15, 0.2) is 140 Å². The predicted octanol–water partition coefficient (Wildman–Crippen LogP) is 12.0. The van der Waals surface area contributed by atoms with Crippen LogP contribution in [0.1, 0.15) is 43.2 Å². The van der Waals surface area contributed by atoms with Gasteiger partial charge >= 0.3 is 7.69 Å². The highest BCUT2D eigenvalue weighted by Gasteiger charge is 2.61. The molecule has 5 aliphatic rings. The molecule has 0 amide bonds. The minimum Gasteiger partial charge on any atom is -0.538 e. The van der Waals surface area contributed by atoms with Gasteiger partial charge in [-0.25, -0.2) is 0 Å². The molecule has 13 rings (SSSR count). The van der Waals surface area contributed by atoms with Crippen LogP contribution in [-0.4, -0.2) is 12.7 Å². The fourth-order valence-corrected chi connectivity index (χ4v) is 12.4. The number of hydrogen-bond donors (Lipinski definition) is 1. The van der Waals surface area contributed by atoms with Crippen LogP contribution >= 0.6 is 0 Å². The molecule has 0 aliphatic heterocycles. The molecule has 4 saturated carbocycles. The van der Waals surface area contributed by atoms with Crippen LogP contribution in [0.4, 0.5) is 0 Å². The molecule has 5 aliphatic carbocycles. The number of hydrogen-bond acceptors (Lipinski definition) is 2. The normalized spacial score (nSPS) is 23.6. The van der Waals surface area contributed by atoms with E-state index in [-0.39, 0.29) is 13.1 Å². The third-order valence-electron chi connectivity index (χ3n) is 14.1. The van der Waals surface area contributed by atoms with Gasteiger partial charge < -0.3 is 9.68 Å². The second-order valence-corrected chi connectivity index (χ2v) is 16.5. The van der Waals surface area contributed by atoms with Gasteiger partial charge in [0.1, 0.15) is 5.75 Å². The second-order valence-electron chi connectivity index (χ2n) is 16.5. The van der Waals surface area contributed by atoms with Crippen molar-refractivity contribution < 1.29 is 9.68 Å². The Labute approximate surface area is 310 Å². The molecule has 0 aromatic heterocycles. The largest absolute Gasteiger partial charge is 0.538 e. The SMILES string of the molecule is OBOc1c2ccccc2c(-c2cccc3c(-c4ccc5c(c4)C4(c6cc7ccccc7cc6-5)C5CC6CC(C5)CC4C6)cccc23)c2ccccc12. The Morgan fingerprint density at radius 1 is 0.472 bits per heavy atom. The summed E-state index contributed by atoms with van der Waals surface area (Å²) in [5.41, 5.74) is 11.3. The Balaban J connectivity index is 1.09. The van der Waals surface area contributed by atoms with Gasteiger partial charge in [-0.3, -0.25) is 0 Å². The lowest BCUT2D eigenvalue weighted by molar-refractivity contribution is -0.0398. The standard InChI is InChI=1S/C50H39BO2/c52-51-53-49-43-13-5-3-11-41(43)48(42-12-4-6-14-44(42)49)40-18-8-16-37-36(15-7-17-38(37)40)33-19-20-39-45-26-31-9-1-2-10-32(31)27-47(45)50(46(39)28-33)34-22-29-21-30(24-34)25-35(50)23-29/h1-20,26-30,34-35,51-52H,21-25H2. The van der Waals surface area contributed by atoms with Gasteiger partial charge in [0.05, 0.1) is 0 Å². The first-order chi connectivity index (χ1) is 26.2. The van der Waals surface area contributed by atoms with E-state index in [0.29, 0.717) is 11.8 Å². The smallest absolute Gasteiger partial charge is 0.504 e. The minimum atomic E-state index is -0.364. The molecule has 4 bridgehead atoms. The molecule has 4 fully saturated rings. The van der Waals surface area contributed by atoms with Crippen molar-refractivity contribution in [3.63, 3.8) is 0 Å². The molecule has 1 spiro atoms.